The number of para-hydroxylation sites is 2. The van der Waals surface area contributed by atoms with Crippen LogP contribution in [-0.4, -0.2) is 46.2 Å². The number of hydrogen-bond donors (Lipinski definition) is 1. The van der Waals surface area contributed by atoms with E-state index in [4.69, 9.17) is 9.47 Å². The van der Waals surface area contributed by atoms with Gasteiger partial charge in [-0.25, -0.2) is 8.42 Å². The van der Waals surface area contributed by atoms with E-state index in [1.165, 1.54) is 4.31 Å². The van der Waals surface area contributed by atoms with Crippen molar-refractivity contribution in [3.05, 3.63) is 60.2 Å². The summed E-state index contributed by atoms with van der Waals surface area (Å²) in [6.07, 6.45) is -0.109. The van der Waals surface area contributed by atoms with Gasteiger partial charge in [-0.05, 0) is 38.0 Å². The fraction of sp³-hybridized carbons (Fsp3) is 0.409. The second kappa shape index (κ2) is 9.95. The minimum atomic E-state index is -3.70. The summed E-state index contributed by atoms with van der Waals surface area (Å²) < 4.78 is 38.9. The molecule has 0 spiro atoms. The van der Waals surface area contributed by atoms with Crippen LogP contribution in [0.15, 0.2) is 54.6 Å². The van der Waals surface area contributed by atoms with Gasteiger partial charge in [-0.15, -0.1) is 0 Å². The highest BCUT2D eigenvalue weighted by atomic mass is 32.2. The van der Waals surface area contributed by atoms with Gasteiger partial charge in [-0.2, -0.15) is 0 Å². The molecular weight excluding hydrogens is 404 g/mol. The molecule has 1 N–H and O–H groups in total. The minimum Gasteiger partial charge on any atom is -0.476 e. The number of sulfonamides is 1. The lowest BCUT2D eigenvalue weighted by molar-refractivity contribution is -0.127. The van der Waals surface area contributed by atoms with Gasteiger partial charge in [0.2, 0.25) is 10.0 Å². The van der Waals surface area contributed by atoms with Crippen molar-refractivity contribution < 1.29 is 22.7 Å². The Kier molecular flexibility index (Phi) is 7.33. The van der Waals surface area contributed by atoms with Crippen LogP contribution >= 0.6 is 0 Å². The summed E-state index contributed by atoms with van der Waals surface area (Å²) in [4.78, 5) is 12.6. The number of carbonyl (C=O) groups excluding carboxylic acids is 1. The zero-order chi connectivity index (χ0) is 21.6. The van der Waals surface area contributed by atoms with E-state index in [0.29, 0.717) is 36.6 Å². The van der Waals surface area contributed by atoms with Gasteiger partial charge in [-0.3, -0.25) is 9.10 Å². The average Bonchev–Trinajstić information content (AvgIpc) is 2.72. The second-order valence-electron chi connectivity index (χ2n) is 7.41. The SMILES string of the molecule is CC(C)OCCCNC(=O)C1CN(S(=O)(=O)Cc2ccccc2)c2ccccc2O1. The maximum absolute atomic E-state index is 13.2. The normalized spacial score (nSPS) is 16.1. The van der Waals surface area contributed by atoms with E-state index in [2.05, 4.69) is 5.32 Å². The monoisotopic (exact) mass is 432 g/mol. The van der Waals surface area contributed by atoms with Crippen LogP contribution in [0, 0.1) is 0 Å². The highest BCUT2D eigenvalue weighted by molar-refractivity contribution is 7.92. The third-order valence-electron chi connectivity index (χ3n) is 4.63. The van der Waals surface area contributed by atoms with Crippen molar-refractivity contribution in [3.8, 4) is 5.75 Å². The smallest absolute Gasteiger partial charge is 0.263 e. The average molecular weight is 433 g/mol. The van der Waals surface area contributed by atoms with Crippen LogP contribution in [0.1, 0.15) is 25.8 Å². The van der Waals surface area contributed by atoms with Crippen LogP contribution in [0.2, 0.25) is 0 Å². The number of benzene rings is 2. The summed E-state index contributed by atoms with van der Waals surface area (Å²) in [5.41, 5.74) is 1.13. The van der Waals surface area contributed by atoms with Crippen LogP contribution in [-0.2, 0) is 25.3 Å². The molecule has 0 aromatic heterocycles. The molecule has 0 fully saturated rings. The van der Waals surface area contributed by atoms with Crippen molar-refractivity contribution in [1.82, 2.24) is 5.32 Å². The number of ether oxygens (including phenoxy) is 2. The van der Waals surface area contributed by atoms with Crippen molar-refractivity contribution in [3.63, 3.8) is 0 Å². The molecule has 1 aliphatic rings. The third kappa shape index (κ3) is 5.73. The van der Waals surface area contributed by atoms with Gasteiger partial charge in [0.15, 0.2) is 6.10 Å². The van der Waals surface area contributed by atoms with Gasteiger partial charge in [0.05, 0.1) is 24.1 Å². The number of anilines is 1. The molecule has 0 radical (unpaired) electrons. The Morgan fingerprint density at radius 2 is 1.87 bits per heavy atom. The van der Waals surface area contributed by atoms with E-state index in [1.807, 2.05) is 19.9 Å². The molecule has 0 aliphatic carbocycles. The molecule has 8 heteroatoms. The maximum atomic E-state index is 13.2. The molecule has 1 amide bonds. The Bertz CT molecular complexity index is 947. The summed E-state index contributed by atoms with van der Waals surface area (Å²) in [5.74, 6) is -0.110. The number of hydrogen-bond acceptors (Lipinski definition) is 5. The zero-order valence-electron chi connectivity index (χ0n) is 17.3. The topological polar surface area (TPSA) is 84.9 Å². The van der Waals surface area contributed by atoms with E-state index >= 15 is 0 Å². The lowest BCUT2D eigenvalue weighted by atomic mass is 10.2. The predicted molar refractivity (Wildman–Crippen MR) is 116 cm³/mol. The fourth-order valence-electron chi connectivity index (χ4n) is 3.18. The van der Waals surface area contributed by atoms with E-state index in [9.17, 15) is 13.2 Å². The Balaban J connectivity index is 1.71. The molecular formula is C22H28N2O5S. The van der Waals surface area contributed by atoms with Crippen molar-refractivity contribution in [1.29, 1.82) is 0 Å². The van der Waals surface area contributed by atoms with Crippen LogP contribution in [0.5, 0.6) is 5.75 Å². The van der Waals surface area contributed by atoms with Crippen LogP contribution in [0.4, 0.5) is 5.69 Å². The van der Waals surface area contributed by atoms with Crippen molar-refractivity contribution >= 4 is 21.6 Å². The van der Waals surface area contributed by atoms with Gasteiger partial charge >= 0.3 is 0 Å². The molecule has 0 saturated heterocycles. The van der Waals surface area contributed by atoms with Crippen LogP contribution in [0.3, 0.4) is 0 Å². The molecule has 162 valence electrons. The van der Waals surface area contributed by atoms with Gasteiger partial charge in [0.1, 0.15) is 5.75 Å². The molecule has 2 aromatic carbocycles. The lowest BCUT2D eigenvalue weighted by Gasteiger charge is -2.34. The zero-order valence-corrected chi connectivity index (χ0v) is 18.1. The predicted octanol–water partition coefficient (Wildman–Crippen LogP) is 2.72. The summed E-state index contributed by atoms with van der Waals surface area (Å²) in [6, 6.07) is 15.9. The quantitative estimate of drug-likeness (QED) is 0.616. The number of amides is 1. The van der Waals surface area contributed by atoms with Gasteiger partial charge in [0, 0.05) is 13.2 Å². The van der Waals surface area contributed by atoms with Crippen LogP contribution < -0.4 is 14.4 Å². The Morgan fingerprint density at radius 1 is 1.17 bits per heavy atom. The van der Waals surface area contributed by atoms with E-state index in [0.717, 1.165) is 0 Å². The molecule has 2 aromatic rings. The number of carbonyl (C=O) groups is 1. The third-order valence-corrected chi connectivity index (χ3v) is 6.34. The van der Waals surface area contributed by atoms with E-state index in [-0.39, 0.29) is 24.3 Å². The lowest BCUT2D eigenvalue weighted by Crippen LogP contribution is -2.51. The highest BCUT2D eigenvalue weighted by Gasteiger charge is 2.36. The molecule has 1 atom stereocenters. The van der Waals surface area contributed by atoms with Crippen molar-refractivity contribution in [2.24, 2.45) is 0 Å². The van der Waals surface area contributed by atoms with E-state index in [1.54, 1.807) is 48.5 Å². The first-order chi connectivity index (χ1) is 14.4. The van der Waals surface area contributed by atoms with Crippen LogP contribution in [0.25, 0.3) is 0 Å². The number of fused-ring (bicyclic) bond motifs is 1. The first-order valence-corrected chi connectivity index (χ1v) is 11.7. The largest absolute Gasteiger partial charge is 0.476 e. The number of rotatable bonds is 9. The minimum absolute atomic E-state index is 0.0689. The summed E-state index contributed by atoms with van der Waals surface area (Å²) >= 11 is 0. The van der Waals surface area contributed by atoms with E-state index < -0.39 is 16.1 Å². The Morgan fingerprint density at radius 3 is 2.60 bits per heavy atom. The summed E-state index contributed by atoms with van der Waals surface area (Å²) in [7, 11) is -3.70. The first-order valence-electron chi connectivity index (χ1n) is 10.1. The highest BCUT2D eigenvalue weighted by Crippen LogP contribution is 2.35. The molecule has 1 aliphatic heterocycles. The summed E-state index contributed by atoms with van der Waals surface area (Å²) in [6.45, 7) is 4.82. The summed E-state index contributed by atoms with van der Waals surface area (Å²) in [5, 5.41) is 2.81. The second-order valence-corrected chi connectivity index (χ2v) is 9.30. The standard InChI is InChI=1S/C22H28N2O5S/c1-17(2)28-14-8-13-23-22(25)21-15-24(19-11-6-7-12-20(19)29-21)30(26,27)16-18-9-4-3-5-10-18/h3-7,9-12,17,21H,8,13-16H2,1-2H3,(H,23,25). The molecule has 30 heavy (non-hydrogen) atoms. The number of nitrogens with one attached hydrogen (secondary N) is 1. The first kappa shape index (κ1) is 22.1. The van der Waals surface area contributed by atoms with Gasteiger partial charge in [0.25, 0.3) is 5.91 Å². The molecule has 7 nitrogen and oxygen atoms in total. The van der Waals surface area contributed by atoms with Crippen molar-refractivity contribution in [2.45, 2.75) is 38.2 Å². The molecule has 0 bridgehead atoms. The molecule has 0 saturated carbocycles. The molecule has 1 unspecified atom stereocenters. The van der Waals surface area contributed by atoms with Gasteiger partial charge < -0.3 is 14.8 Å². The number of nitrogens with zero attached hydrogens (tertiary/aromatic N) is 1. The molecule has 3 rings (SSSR count). The Hall–Kier alpha value is -2.58. The molecule has 1 heterocycles. The fourth-order valence-corrected chi connectivity index (χ4v) is 4.76. The van der Waals surface area contributed by atoms with Crippen molar-refractivity contribution in [2.75, 3.05) is 24.0 Å². The Labute approximate surface area is 178 Å². The maximum Gasteiger partial charge on any atom is 0.263 e. The van der Waals surface area contributed by atoms with Gasteiger partial charge in [-0.1, -0.05) is 42.5 Å².